The van der Waals surface area contributed by atoms with Gasteiger partial charge in [0.15, 0.2) is 0 Å². The zero-order valence-electron chi connectivity index (χ0n) is 12.9. The van der Waals surface area contributed by atoms with Gasteiger partial charge in [-0.15, -0.1) is 11.3 Å². The number of rotatable bonds is 4. The molecule has 24 heavy (non-hydrogen) atoms. The molecule has 0 bridgehead atoms. The van der Waals surface area contributed by atoms with Crippen molar-refractivity contribution >= 4 is 50.4 Å². The van der Waals surface area contributed by atoms with Gasteiger partial charge in [-0.3, -0.25) is 0 Å². The lowest BCUT2D eigenvalue weighted by molar-refractivity contribution is 0.0814. The molecule has 3 aromatic rings. The summed E-state index contributed by atoms with van der Waals surface area (Å²) in [4.78, 5) is 5.58. The number of fused-ring (bicyclic) bond motifs is 1. The van der Waals surface area contributed by atoms with E-state index in [1.165, 1.54) is 0 Å². The molecule has 0 radical (unpaired) electrons. The van der Waals surface area contributed by atoms with Gasteiger partial charge in [-0.2, -0.15) is 0 Å². The van der Waals surface area contributed by atoms with Crippen molar-refractivity contribution in [2.75, 3.05) is 18.5 Å². The summed E-state index contributed by atoms with van der Waals surface area (Å²) in [6.07, 6.45) is 3.82. The van der Waals surface area contributed by atoms with Gasteiger partial charge in [0.25, 0.3) is 0 Å². The predicted molar refractivity (Wildman–Crippen MR) is 98.5 cm³/mol. The molecule has 0 aliphatic carbocycles. The van der Waals surface area contributed by atoms with E-state index in [0.29, 0.717) is 22.6 Å². The molecule has 0 saturated carbocycles. The smallest absolute Gasteiger partial charge is 0.131 e. The highest BCUT2D eigenvalue weighted by molar-refractivity contribution is 7.20. The largest absolute Gasteiger partial charge is 0.467 e. The topological polar surface area (TPSA) is 47.3 Å². The van der Waals surface area contributed by atoms with Gasteiger partial charge in [0.05, 0.1) is 34.8 Å². The standard InChI is InChI=1S/C17H16Cl2N2O2S/c18-13-7-12(20-8-11-4-2-6-23-11)17-15(21-13)14(19)16(24-17)10-3-1-5-22-9-10/h2,4,6-7,10H,1,3,5,8-9H2,(H,20,21). The number of aromatic nitrogens is 1. The maximum atomic E-state index is 6.62. The van der Waals surface area contributed by atoms with Gasteiger partial charge in [-0.05, 0) is 25.0 Å². The Bertz CT molecular complexity index is 842. The van der Waals surface area contributed by atoms with Crippen LogP contribution in [0, 0.1) is 0 Å². The highest BCUT2D eigenvalue weighted by Crippen LogP contribution is 2.44. The Hall–Kier alpha value is -1.27. The second-order valence-corrected chi connectivity index (χ2v) is 7.61. The maximum absolute atomic E-state index is 6.62. The molecule has 1 aliphatic heterocycles. The number of halogens is 2. The first-order valence-corrected chi connectivity index (χ1v) is 9.42. The molecular formula is C17H16Cl2N2O2S. The van der Waals surface area contributed by atoms with Crippen LogP contribution in [0.1, 0.15) is 29.4 Å². The van der Waals surface area contributed by atoms with E-state index in [1.807, 2.05) is 18.2 Å². The third kappa shape index (κ3) is 3.14. The van der Waals surface area contributed by atoms with Gasteiger partial charge >= 0.3 is 0 Å². The normalized spacial score (nSPS) is 18.2. The molecule has 3 aromatic heterocycles. The van der Waals surface area contributed by atoms with E-state index in [0.717, 1.165) is 52.6 Å². The SMILES string of the molecule is Clc1cc(NCc2ccco2)c2sc(C3CCCOC3)c(Cl)c2n1. The molecule has 1 aliphatic rings. The Balaban J connectivity index is 1.70. The molecule has 1 saturated heterocycles. The second kappa shape index (κ2) is 6.92. The van der Waals surface area contributed by atoms with E-state index in [-0.39, 0.29) is 0 Å². The van der Waals surface area contributed by atoms with Gasteiger partial charge in [0.1, 0.15) is 16.4 Å². The van der Waals surface area contributed by atoms with Crippen molar-refractivity contribution in [1.29, 1.82) is 0 Å². The summed E-state index contributed by atoms with van der Waals surface area (Å²) in [6.45, 7) is 2.13. The van der Waals surface area contributed by atoms with E-state index < -0.39 is 0 Å². The average Bonchev–Trinajstić information content (AvgIpc) is 3.22. The third-order valence-corrected chi connectivity index (χ3v) is 6.21. The molecule has 1 fully saturated rings. The Morgan fingerprint density at radius 3 is 3.04 bits per heavy atom. The number of pyridine rings is 1. The van der Waals surface area contributed by atoms with Gasteiger partial charge < -0.3 is 14.5 Å². The van der Waals surface area contributed by atoms with Crippen LogP contribution < -0.4 is 5.32 Å². The first kappa shape index (κ1) is 16.2. The number of anilines is 1. The van der Waals surface area contributed by atoms with Crippen LogP contribution in [0.2, 0.25) is 10.2 Å². The summed E-state index contributed by atoms with van der Waals surface area (Å²) in [5, 5.41) is 4.51. The van der Waals surface area contributed by atoms with E-state index in [9.17, 15) is 0 Å². The van der Waals surface area contributed by atoms with Crippen LogP contribution in [0.15, 0.2) is 28.9 Å². The highest BCUT2D eigenvalue weighted by Gasteiger charge is 2.24. The first-order valence-electron chi connectivity index (χ1n) is 7.85. The number of furan rings is 1. The molecule has 0 amide bonds. The number of ether oxygens (including phenoxy) is 1. The van der Waals surface area contributed by atoms with Crippen LogP contribution in [-0.2, 0) is 11.3 Å². The van der Waals surface area contributed by atoms with Crippen LogP contribution in [-0.4, -0.2) is 18.2 Å². The van der Waals surface area contributed by atoms with Gasteiger partial charge in [-0.25, -0.2) is 4.98 Å². The fourth-order valence-electron chi connectivity index (χ4n) is 2.96. The van der Waals surface area contributed by atoms with Gasteiger partial charge in [-0.1, -0.05) is 23.2 Å². The monoisotopic (exact) mass is 382 g/mol. The lowest BCUT2D eigenvalue weighted by atomic mass is 10.0. The summed E-state index contributed by atoms with van der Waals surface area (Å²) in [7, 11) is 0. The number of nitrogens with one attached hydrogen (secondary N) is 1. The third-order valence-electron chi connectivity index (χ3n) is 4.14. The average molecular weight is 383 g/mol. The van der Waals surface area contributed by atoms with Crippen LogP contribution in [0.25, 0.3) is 10.2 Å². The van der Waals surface area contributed by atoms with Crippen molar-refractivity contribution in [2.45, 2.75) is 25.3 Å². The molecule has 0 aromatic carbocycles. The fraction of sp³-hybridized carbons (Fsp3) is 0.353. The van der Waals surface area contributed by atoms with Gasteiger partial charge in [0.2, 0.25) is 0 Å². The van der Waals surface area contributed by atoms with Crippen molar-refractivity contribution in [3.8, 4) is 0 Å². The van der Waals surface area contributed by atoms with Crippen LogP contribution in [0.4, 0.5) is 5.69 Å². The van der Waals surface area contributed by atoms with Crippen molar-refractivity contribution in [3.05, 3.63) is 45.3 Å². The van der Waals surface area contributed by atoms with Crippen molar-refractivity contribution in [1.82, 2.24) is 4.98 Å². The van der Waals surface area contributed by atoms with Crippen LogP contribution >= 0.6 is 34.5 Å². The molecule has 1 unspecified atom stereocenters. The molecule has 126 valence electrons. The van der Waals surface area contributed by atoms with Crippen LogP contribution in [0.5, 0.6) is 0 Å². The minimum Gasteiger partial charge on any atom is -0.467 e. The summed E-state index contributed by atoms with van der Waals surface area (Å²) >= 11 is 14.5. The molecule has 4 heterocycles. The number of nitrogens with zero attached hydrogens (tertiary/aromatic N) is 1. The number of hydrogen-bond donors (Lipinski definition) is 1. The lowest BCUT2D eigenvalue weighted by Gasteiger charge is -2.21. The Labute approximate surface area is 153 Å². The van der Waals surface area contributed by atoms with E-state index in [1.54, 1.807) is 17.6 Å². The van der Waals surface area contributed by atoms with Gasteiger partial charge in [0, 0.05) is 23.5 Å². The van der Waals surface area contributed by atoms with E-state index in [2.05, 4.69) is 10.3 Å². The van der Waals surface area contributed by atoms with Crippen LogP contribution in [0.3, 0.4) is 0 Å². The molecule has 1 atom stereocenters. The summed E-state index contributed by atoms with van der Waals surface area (Å²) in [6, 6.07) is 5.63. The Morgan fingerprint density at radius 2 is 2.29 bits per heavy atom. The molecule has 7 heteroatoms. The Kier molecular flexibility index (Phi) is 4.68. The summed E-state index contributed by atoms with van der Waals surface area (Å²) in [5.74, 6) is 1.20. The molecule has 4 nitrogen and oxygen atoms in total. The minimum absolute atomic E-state index is 0.335. The maximum Gasteiger partial charge on any atom is 0.131 e. The first-order chi connectivity index (χ1) is 11.7. The molecular weight excluding hydrogens is 367 g/mol. The fourth-order valence-corrected chi connectivity index (χ4v) is 4.86. The molecule has 1 N–H and O–H groups in total. The minimum atomic E-state index is 0.335. The summed E-state index contributed by atoms with van der Waals surface area (Å²) < 4.78 is 12.0. The summed E-state index contributed by atoms with van der Waals surface area (Å²) in [5.41, 5.74) is 1.69. The number of thiophene rings is 1. The van der Waals surface area contributed by atoms with Crippen molar-refractivity contribution < 1.29 is 9.15 Å². The molecule has 4 rings (SSSR count). The quantitative estimate of drug-likeness (QED) is 0.587. The number of hydrogen-bond acceptors (Lipinski definition) is 5. The second-order valence-electron chi connectivity index (χ2n) is 5.80. The van der Waals surface area contributed by atoms with Crippen molar-refractivity contribution in [3.63, 3.8) is 0 Å². The predicted octanol–water partition coefficient (Wildman–Crippen LogP) is 5.70. The zero-order chi connectivity index (χ0) is 16.5. The van der Waals surface area contributed by atoms with E-state index >= 15 is 0 Å². The molecule has 0 spiro atoms. The highest BCUT2D eigenvalue weighted by atomic mass is 35.5. The van der Waals surface area contributed by atoms with E-state index in [4.69, 9.17) is 32.4 Å². The Morgan fingerprint density at radius 1 is 1.38 bits per heavy atom. The lowest BCUT2D eigenvalue weighted by Crippen LogP contribution is -2.14. The van der Waals surface area contributed by atoms with Crippen molar-refractivity contribution in [2.24, 2.45) is 0 Å². The zero-order valence-corrected chi connectivity index (χ0v) is 15.2.